The number of rotatable bonds is 5. The Kier molecular flexibility index (Phi) is 5.52. The van der Waals surface area contributed by atoms with Gasteiger partial charge in [-0.25, -0.2) is 4.98 Å². The normalized spacial score (nSPS) is 15.8. The van der Waals surface area contributed by atoms with Crippen LogP contribution in [-0.4, -0.2) is 40.1 Å². The van der Waals surface area contributed by atoms with Gasteiger partial charge in [0.25, 0.3) is 0 Å². The van der Waals surface area contributed by atoms with E-state index in [1.807, 2.05) is 56.3 Å². The number of benzene rings is 2. The van der Waals surface area contributed by atoms with Crippen LogP contribution in [0, 0.1) is 6.92 Å². The molecular formula is C23H22N4O3S2. The molecule has 5 rings (SSSR count). The number of anilines is 1. The van der Waals surface area contributed by atoms with Crippen molar-refractivity contribution in [1.82, 2.24) is 14.8 Å². The van der Waals surface area contributed by atoms with Gasteiger partial charge in [-0.2, -0.15) is 9.78 Å². The van der Waals surface area contributed by atoms with Crippen LogP contribution in [0.3, 0.4) is 0 Å². The number of aryl methyl sites for hydroxylation is 1. The van der Waals surface area contributed by atoms with Gasteiger partial charge in [0.2, 0.25) is 11.0 Å². The number of amides is 1. The zero-order chi connectivity index (χ0) is 22.2. The molecule has 0 aliphatic carbocycles. The SMILES string of the molecule is CCOc1cc([C@H]2SCC(=O)Nc3c2c(C)nn3-c2nc3ccccc3s2)ccc1OC. The summed E-state index contributed by atoms with van der Waals surface area (Å²) in [6.45, 7) is 4.46. The van der Waals surface area contributed by atoms with Gasteiger partial charge in [0.1, 0.15) is 5.82 Å². The number of hydrogen-bond acceptors (Lipinski definition) is 7. The summed E-state index contributed by atoms with van der Waals surface area (Å²) in [5.74, 6) is 2.34. The zero-order valence-corrected chi connectivity index (χ0v) is 19.5. The zero-order valence-electron chi connectivity index (χ0n) is 17.9. The molecule has 1 amide bonds. The van der Waals surface area contributed by atoms with Crippen molar-refractivity contribution in [3.8, 4) is 16.6 Å². The molecule has 0 saturated carbocycles. The third-order valence-corrected chi connectivity index (χ3v) is 7.54. The number of carbonyl (C=O) groups is 1. The van der Waals surface area contributed by atoms with Crippen molar-refractivity contribution in [3.05, 3.63) is 59.3 Å². The number of fused-ring (bicyclic) bond motifs is 2. The van der Waals surface area contributed by atoms with Gasteiger partial charge in [-0.15, -0.1) is 11.8 Å². The van der Waals surface area contributed by atoms with Gasteiger partial charge >= 0.3 is 0 Å². The Bertz CT molecular complexity index is 1280. The van der Waals surface area contributed by atoms with Crippen LogP contribution in [0.1, 0.15) is 29.0 Å². The van der Waals surface area contributed by atoms with E-state index in [-0.39, 0.29) is 11.2 Å². The molecule has 164 valence electrons. The van der Waals surface area contributed by atoms with Crippen LogP contribution < -0.4 is 14.8 Å². The van der Waals surface area contributed by atoms with Gasteiger partial charge in [0.05, 0.1) is 40.6 Å². The average Bonchev–Trinajstić information content (AvgIpc) is 3.30. The van der Waals surface area contributed by atoms with Gasteiger partial charge in [0, 0.05) is 5.56 Å². The largest absolute Gasteiger partial charge is 0.493 e. The molecule has 2 aromatic carbocycles. The van der Waals surface area contributed by atoms with Gasteiger partial charge < -0.3 is 14.8 Å². The molecule has 1 aliphatic rings. The van der Waals surface area contributed by atoms with E-state index in [2.05, 4.69) is 5.32 Å². The highest BCUT2D eigenvalue weighted by Gasteiger charge is 2.31. The fraction of sp³-hybridized carbons (Fsp3) is 0.261. The van der Waals surface area contributed by atoms with E-state index in [0.717, 1.165) is 32.2 Å². The molecule has 9 heteroatoms. The van der Waals surface area contributed by atoms with Crippen molar-refractivity contribution in [1.29, 1.82) is 0 Å². The number of thioether (sulfide) groups is 1. The predicted octanol–water partition coefficient (Wildman–Crippen LogP) is 4.97. The van der Waals surface area contributed by atoms with Gasteiger partial charge in [-0.05, 0) is 43.7 Å². The lowest BCUT2D eigenvalue weighted by Crippen LogP contribution is -2.15. The topological polar surface area (TPSA) is 78.3 Å². The maximum absolute atomic E-state index is 12.6. The Hall–Kier alpha value is -3.04. The lowest BCUT2D eigenvalue weighted by atomic mass is 10.0. The average molecular weight is 467 g/mol. The summed E-state index contributed by atoms with van der Waals surface area (Å²) < 4.78 is 14.1. The first kappa shape index (κ1) is 20.8. The van der Waals surface area contributed by atoms with E-state index in [9.17, 15) is 4.79 Å². The summed E-state index contributed by atoms with van der Waals surface area (Å²) in [7, 11) is 1.63. The van der Waals surface area contributed by atoms with Crippen LogP contribution in [0.2, 0.25) is 0 Å². The quantitative estimate of drug-likeness (QED) is 0.447. The molecule has 0 unspecified atom stereocenters. The molecule has 1 aliphatic heterocycles. The maximum Gasteiger partial charge on any atom is 0.235 e. The molecule has 1 N–H and O–H groups in total. The number of thiazole rings is 1. The second-order valence-electron chi connectivity index (χ2n) is 7.31. The van der Waals surface area contributed by atoms with Crippen molar-refractivity contribution in [2.45, 2.75) is 19.1 Å². The molecule has 0 bridgehead atoms. The third kappa shape index (κ3) is 3.61. The fourth-order valence-corrected chi connectivity index (χ4v) is 5.96. The molecule has 32 heavy (non-hydrogen) atoms. The number of aromatic nitrogens is 3. The highest BCUT2D eigenvalue weighted by Crippen LogP contribution is 2.46. The predicted molar refractivity (Wildman–Crippen MR) is 129 cm³/mol. The minimum Gasteiger partial charge on any atom is -0.493 e. The van der Waals surface area contributed by atoms with Crippen LogP contribution in [0.4, 0.5) is 5.82 Å². The monoisotopic (exact) mass is 466 g/mol. The Balaban J connectivity index is 1.65. The smallest absolute Gasteiger partial charge is 0.235 e. The summed E-state index contributed by atoms with van der Waals surface area (Å²) in [5.41, 5.74) is 3.78. The second kappa shape index (κ2) is 8.48. The number of para-hydroxylation sites is 1. The number of ether oxygens (including phenoxy) is 2. The van der Waals surface area contributed by atoms with Crippen LogP contribution >= 0.6 is 23.1 Å². The van der Waals surface area contributed by atoms with Crippen LogP contribution in [0.5, 0.6) is 11.5 Å². The molecule has 2 aromatic heterocycles. The van der Waals surface area contributed by atoms with Crippen LogP contribution in [0.25, 0.3) is 15.3 Å². The number of nitrogens with one attached hydrogen (secondary N) is 1. The molecule has 0 saturated heterocycles. The molecule has 3 heterocycles. The third-order valence-electron chi connectivity index (χ3n) is 5.26. The fourth-order valence-electron chi connectivity index (χ4n) is 3.86. The first-order chi connectivity index (χ1) is 15.6. The van der Waals surface area contributed by atoms with Crippen molar-refractivity contribution in [2.75, 3.05) is 24.8 Å². The molecular weight excluding hydrogens is 444 g/mol. The van der Waals surface area contributed by atoms with E-state index >= 15 is 0 Å². The van der Waals surface area contributed by atoms with E-state index in [4.69, 9.17) is 19.6 Å². The van der Waals surface area contributed by atoms with Crippen LogP contribution in [0.15, 0.2) is 42.5 Å². The van der Waals surface area contributed by atoms with Crippen molar-refractivity contribution in [3.63, 3.8) is 0 Å². The summed E-state index contributed by atoms with van der Waals surface area (Å²) >= 11 is 3.13. The lowest BCUT2D eigenvalue weighted by Gasteiger charge is -2.18. The summed E-state index contributed by atoms with van der Waals surface area (Å²) in [5, 5.41) is 8.49. The number of methoxy groups -OCH3 is 1. The first-order valence-corrected chi connectivity index (χ1v) is 12.1. The number of carbonyl (C=O) groups excluding carboxylic acids is 1. The molecule has 1 atom stereocenters. The summed E-state index contributed by atoms with van der Waals surface area (Å²) in [6, 6.07) is 13.9. The van der Waals surface area contributed by atoms with Gasteiger partial charge in [-0.1, -0.05) is 29.5 Å². The van der Waals surface area contributed by atoms with Crippen molar-refractivity contribution in [2.24, 2.45) is 0 Å². The summed E-state index contributed by atoms with van der Waals surface area (Å²) in [6.07, 6.45) is 0. The summed E-state index contributed by atoms with van der Waals surface area (Å²) in [4.78, 5) is 17.4. The minimum absolute atomic E-state index is 0.0560. The molecule has 0 spiro atoms. The minimum atomic E-state index is -0.0859. The van der Waals surface area contributed by atoms with Crippen molar-refractivity contribution < 1.29 is 14.3 Å². The standard InChI is InChI=1S/C23H22N4O3S2/c1-4-30-17-11-14(9-10-16(17)29-3)21-20-13(2)26-27(22(20)25-19(28)12-31-21)23-24-15-7-5-6-8-18(15)32-23/h5-11,21H,4,12H2,1-3H3,(H,25,28)/t21-/m1/s1. The maximum atomic E-state index is 12.6. The second-order valence-corrected chi connectivity index (χ2v) is 9.41. The van der Waals surface area contributed by atoms with E-state index in [1.54, 1.807) is 34.9 Å². The highest BCUT2D eigenvalue weighted by atomic mass is 32.2. The van der Waals surface area contributed by atoms with Crippen molar-refractivity contribution >= 4 is 45.0 Å². The molecule has 4 aromatic rings. The Morgan fingerprint density at radius 3 is 2.84 bits per heavy atom. The molecule has 0 fully saturated rings. The Morgan fingerprint density at radius 2 is 2.06 bits per heavy atom. The highest BCUT2D eigenvalue weighted by molar-refractivity contribution is 8.00. The Morgan fingerprint density at radius 1 is 1.22 bits per heavy atom. The first-order valence-electron chi connectivity index (χ1n) is 10.3. The molecule has 7 nitrogen and oxygen atoms in total. The van der Waals surface area contributed by atoms with E-state index < -0.39 is 0 Å². The Labute approximate surface area is 193 Å². The van der Waals surface area contributed by atoms with Crippen LogP contribution in [-0.2, 0) is 4.79 Å². The van der Waals surface area contributed by atoms with E-state index in [1.165, 1.54) is 0 Å². The molecule has 0 radical (unpaired) electrons. The van der Waals surface area contributed by atoms with Gasteiger partial charge in [-0.3, -0.25) is 4.79 Å². The number of nitrogens with zero attached hydrogens (tertiary/aromatic N) is 3. The lowest BCUT2D eigenvalue weighted by molar-refractivity contribution is -0.113. The number of hydrogen-bond donors (Lipinski definition) is 1. The van der Waals surface area contributed by atoms with Gasteiger partial charge in [0.15, 0.2) is 11.5 Å². The van der Waals surface area contributed by atoms with E-state index in [0.29, 0.717) is 29.7 Å².